The van der Waals surface area contributed by atoms with E-state index >= 15 is 0 Å². The third kappa shape index (κ3) is 6.16. The molecule has 0 saturated carbocycles. The fourth-order valence-corrected chi connectivity index (χ4v) is 3.69. The highest BCUT2D eigenvalue weighted by Gasteiger charge is 2.16. The van der Waals surface area contributed by atoms with E-state index < -0.39 is 0 Å². The summed E-state index contributed by atoms with van der Waals surface area (Å²) in [7, 11) is 0. The summed E-state index contributed by atoms with van der Waals surface area (Å²) in [4.78, 5) is 26.8. The molecule has 1 unspecified atom stereocenters. The molecule has 7 heteroatoms. The molecule has 1 aromatic heterocycles. The van der Waals surface area contributed by atoms with Crippen molar-refractivity contribution in [3.8, 4) is 0 Å². The zero-order chi connectivity index (χ0) is 19.1. The van der Waals surface area contributed by atoms with Crippen molar-refractivity contribution >= 4 is 23.2 Å². The first-order chi connectivity index (χ1) is 13.1. The Morgan fingerprint density at radius 3 is 2.85 bits per heavy atom. The van der Waals surface area contributed by atoms with E-state index in [1.54, 1.807) is 6.07 Å². The Morgan fingerprint density at radius 2 is 2.07 bits per heavy atom. The smallest absolute Gasteiger partial charge is 0.261 e. The molecule has 144 valence electrons. The minimum absolute atomic E-state index is 0.0257. The van der Waals surface area contributed by atoms with Crippen LogP contribution in [0.25, 0.3) is 0 Å². The number of rotatable bonds is 7. The molecule has 1 fully saturated rings. The Kier molecular flexibility index (Phi) is 6.98. The van der Waals surface area contributed by atoms with E-state index in [1.807, 2.05) is 23.6 Å². The Hall–Kier alpha value is -2.22. The van der Waals surface area contributed by atoms with E-state index in [0.717, 1.165) is 31.8 Å². The number of amides is 2. The van der Waals surface area contributed by atoms with Gasteiger partial charge in [-0.1, -0.05) is 30.3 Å². The third-order valence-electron chi connectivity index (χ3n) is 4.37. The second-order valence-corrected chi connectivity index (χ2v) is 7.62. The number of ether oxygens (including phenoxy) is 1. The molecule has 2 aromatic rings. The summed E-state index contributed by atoms with van der Waals surface area (Å²) >= 11 is 1.35. The van der Waals surface area contributed by atoms with Crippen LogP contribution in [0.3, 0.4) is 0 Å². The molecular formula is C20H25N3O3S. The summed E-state index contributed by atoms with van der Waals surface area (Å²) in [5, 5.41) is 7.32. The molecule has 0 bridgehead atoms. The number of hydrogen-bond acceptors (Lipinski definition) is 5. The van der Waals surface area contributed by atoms with Crippen LogP contribution in [0.15, 0.2) is 41.8 Å². The molecule has 27 heavy (non-hydrogen) atoms. The normalized spacial score (nSPS) is 17.4. The van der Waals surface area contributed by atoms with Crippen molar-refractivity contribution in [2.75, 3.05) is 26.2 Å². The van der Waals surface area contributed by atoms with Crippen molar-refractivity contribution < 1.29 is 14.3 Å². The van der Waals surface area contributed by atoms with Crippen LogP contribution in [0.5, 0.6) is 0 Å². The van der Waals surface area contributed by atoms with Gasteiger partial charge >= 0.3 is 0 Å². The number of benzene rings is 1. The third-order valence-corrected chi connectivity index (χ3v) is 5.24. The first-order valence-corrected chi connectivity index (χ1v) is 9.98. The maximum Gasteiger partial charge on any atom is 0.261 e. The monoisotopic (exact) mass is 387 g/mol. The SMILES string of the molecule is CC1CN(Cc2cccc(CNC(=O)CNC(=O)c3cccs3)c2)CCO1. The van der Waals surface area contributed by atoms with Gasteiger partial charge in [-0.05, 0) is 29.5 Å². The fraction of sp³-hybridized carbons (Fsp3) is 0.400. The van der Waals surface area contributed by atoms with Gasteiger partial charge in [-0.25, -0.2) is 0 Å². The topological polar surface area (TPSA) is 70.7 Å². The highest BCUT2D eigenvalue weighted by Crippen LogP contribution is 2.12. The first-order valence-electron chi connectivity index (χ1n) is 9.10. The minimum atomic E-state index is -0.220. The lowest BCUT2D eigenvalue weighted by Gasteiger charge is -2.31. The fourth-order valence-electron chi connectivity index (χ4n) is 3.05. The van der Waals surface area contributed by atoms with Gasteiger partial charge in [0.2, 0.25) is 5.91 Å². The molecule has 0 spiro atoms. The lowest BCUT2D eigenvalue weighted by molar-refractivity contribution is -0.120. The van der Waals surface area contributed by atoms with Crippen molar-refractivity contribution in [1.82, 2.24) is 15.5 Å². The number of nitrogens with one attached hydrogen (secondary N) is 2. The maximum absolute atomic E-state index is 12.0. The van der Waals surface area contributed by atoms with Gasteiger partial charge in [0.1, 0.15) is 0 Å². The van der Waals surface area contributed by atoms with Crippen LogP contribution in [0.1, 0.15) is 27.7 Å². The zero-order valence-corrected chi connectivity index (χ0v) is 16.3. The van der Waals surface area contributed by atoms with Crippen LogP contribution < -0.4 is 10.6 Å². The summed E-state index contributed by atoms with van der Waals surface area (Å²) in [6.07, 6.45) is 0.269. The van der Waals surface area contributed by atoms with Gasteiger partial charge in [0, 0.05) is 26.2 Å². The molecule has 1 aromatic carbocycles. The molecule has 0 aliphatic carbocycles. The van der Waals surface area contributed by atoms with E-state index in [-0.39, 0.29) is 24.5 Å². The average Bonchev–Trinajstić information content (AvgIpc) is 3.20. The predicted octanol–water partition coefficient (Wildman–Crippen LogP) is 2.01. The van der Waals surface area contributed by atoms with Crippen molar-refractivity contribution in [3.63, 3.8) is 0 Å². The average molecular weight is 388 g/mol. The van der Waals surface area contributed by atoms with E-state index in [2.05, 4.69) is 34.6 Å². The summed E-state index contributed by atoms with van der Waals surface area (Å²) < 4.78 is 5.58. The van der Waals surface area contributed by atoms with Crippen molar-refractivity contribution in [1.29, 1.82) is 0 Å². The van der Waals surface area contributed by atoms with Gasteiger partial charge < -0.3 is 15.4 Å². The van der Waals surface area contributed by atoms with Gasteiger partial charge in [-0.2, -0.15) is 0 Å². The summed E-state index contributed by atoms with van der Waals surface area (Å²) in [6, 6.07) is 11.8. The van der Waals surface area contributed by atoms with Gasteiger partial charge in [-0.3, -0.25) is 14.5 Å². The van der Waals surface area contributed by atoms with Crippen LogP contribution >= 0.6 is 11.3 Å². The molecule has 1 atom stereocenters. The molecule has 1 aliphatic heterocycles. The Morgan fingerprint density at radius 1 is 1.22 bits per heavy atom. The van der Waals surface area contributed by atoms with Crippen molar-refractivity contribution in [3.05, 3.63) is 57.8 Å². The minimum Gasteiger partial charge on any atom is -0.376 e. The molecule has 3 rings (SSSR count). The number of carbonyl (C=O) groups is 2. The molecule has 2 heterocycles. The van der Waals surface area contributed by atoms with Crippen LogP contribution in [-0.4, -0.2) is 49.1 Å². The van der Waals surface area contributed by atoms with Gasteiger partial charge in [-0.15, -0.1) is 11.3 Å². The van der Waals surface area contributed by atoms with E-state index in [0.29, 0.717) is 11.4 Å². The Balaban J connectivity index is 1.43. The maximum atomic E-state index is 12.0. The van der Waals surface area contributed by atoms with E-state index in [1.165, 1.54) is 16.9 Å². The molecule has 2 N–H and O–H groups in total. The van der Waals surface area contributed by atoms with Crippen LogP contribution in [0.4, 0.5) is 0 Å². The number of nitrogens with zero attached hydrogens (tertiary/aromatic N) is 1. The second kappa shape index (κ2) is 9.64. The van der Waals surface area contributed by atoms with Gasteiger partial charge in [0.15, 0.2) is 0 Å². The summed E-state index contributed by atoms with van der Waals surface area (Å²) in [5.74, 6) is -0.422. The Labute approximate surface area is 163 Å². The number of hydrogen-bond donors (Lipinski definition) is 2. The van der Waals surface area contributed by atoms with Gasteiger partial charge in [0.05, 0.1) is 24.1 Å². The molecule has 2 amide bonds. The highest BCUT2D eigenvalue weighted by molar-refractivity contribution is 7.12. The van der Waals surface area contributed by atoms with E-state index in [9.17, 15) is 9.59 Å². The summed E-state index contributed by atoms with van der Waals surface area (Å²) in [5.41, 5.74) is 2.27. The first kappa shape index (κ1) is 19.5. The van der Waals surface area contributed by atoms with Gasteiger partial charge in [0.25, 0.3) is 5.91 Å². The number of morpholine rings is 1. The molecule has 1 saturated heterocycles. The predicted molar refractivity (Wildman–Crippen MR) is 106 cm³/mol. The largest absolute Gasteiger partial charge is 0.376 e. The quantitative estimate of drug-likeness (QED) is 0.763. The van der Waals surface area contributed by atoms with Crippen molar-refractivity contribution in [2.24, 2.45) is 0 Å². The van der Waals surface area contributed by atoms with Crippen LogP contribution in [0.2, 0.25) is 0 Å². The lowest BCUT2D eigenvalue weighted by atomic mass is 10.1. The number of thiophene rings is 1. The van der Waals surface area contributed by atoms with E-state index in [4.69, 9.17) is 4.74 Å². The van der Waals surface area contributed by atoms with Crippen LogP contribution in [-0.2, 0) is 22.6 Å². The van der Waals surface area contributed by atoms with Crippen LogP contribution in [0, 0.1) is 0 Å². The lowest BCUT2D eigenvalue weighted by Crippen LogP contribution is -2.40. The zero-order valence-electron chi connectivity index (χ0n) is 15.4. The van der Waals surface area contributed by atoms with Crippen molar-refractivity contribution in [2.45, 2.75) is 26.1 Å². The second-order valence-electron chi connectivity index (χ2n) is 6.67. The molecular weight excluding hydrogens is 362 g/mol. The molecule has 6 nitrogen and oxygen atoms in total. The molecule has 0 radical (unpaired) electrons. The highest BCUT2D eigenvalue weighted by atomic mass is 32.1. The number of carbonyl (C=O) groups excluding carboxylic acids is 2. The standard InChI is InChI=1S/C20H25N3O3S/c1-15-13-23(7-8-26-15)14-17-5-2-4-16(10-17)11-21-19(24)12-22-20(25)18-6-3-9-27-18/h2-6,9-10,15H,7-8,11-14H2,1H3,(H,21,24)(H,22,25). The summed E-state index contributed by atoms with van der Waals surface area (Å²) in [6.45, 7) is 6.04. The Bertz CT molecular complexity index is 764. The molecule has 1 aliphatic rings.